The predicted molar refractivity (Wildman–Crippen MR) is 84.8 cm³/mol. The molecule has 0 saturated carbocycles. The van der Waals surface area contributed by atoms with Crippen LogP contribution in [0.4, 0.5) is 0 Å². The van der Waals surface area contributed by atoms with Gasteiger partial charge in [-0.15, -0.1) is 11.8 Å². The van der Waals surface area contributed by atoms with E-state index in [0.29, 0.717) is 11.9 Å². The van der Waals surface area contributed by atoms with Gasteiger partial charge in [0, 0.05) is 28.3 Å². The van der Waals surface area contributed by atoms with Gasteiger partial charge < -0.3 is 14.2 Å². The van der Waals surface area contributed by atoms with E-state index in [9.17, 15) is 0 Å². The number of methoxy groups -OCH3 is 2. The molecule has 21 heavy (non-hydrogen) atoms. The van der Waals surface area contributed by atoms with Crippen molar-refractivity contribution in [2.75, 3.05) is 20.8 Å². The quantitative estimate of drug-likeness (QED) is 0.839. The van der Waals surface area contributed by atoms with Crippen molar-refractivity contribution in [3.05, 3.63) is 48.0 Å². The molecule has 0 bridgehead atoms. The molecular formula is C17H18O3S. The van der Waals surface area contributed by atoms with E-state index in [1.807, 2.05) is 30.0 Å². The molecule has 1 unspecified atom stereocenters. The van der Waals surface area contributed by atoms with Gasteiger partial charge in [-0.25, -0.2) is 0 Å². The molecule has 2 aromatic carbocycles. The van der Waals surface area contributed by atoms with Crippen LogP contribution in [-0.2, 0) is 6.42 Å². The Morgan fingerprint density at radius 2 is 1.67 bits per heavy atom. The standard InChI is InChI=1S/C17H18O3S/c1-18-13-8-14(19-2)10-15(9-13)20-11-16-7-12-5-3-4-6-17(12)21-16/h3-6,8-10,16H,7,11H2,1-2H3. The Kier molecular flexibility index (Phi) is 4.25. The minimum Gasteiger partial charge on any atom is -0.496 e. The van der Waals surface area contributed by atoms with Gasteiger partial charge in [0.2, 0.25) is 0 Å². The van der Waals surface area contributed by atoms with Crippen molar-refractivity contribution < 1.29 is 14.2 Å². The molecule has 110 valence electrons. The fraction of sp³-hybridized carbons (Fsp3) is 0.294. The van der Waals surface area contributed by atoms with Crippen LogP contribution in [0, 0.1) is 0 Å². The zero-order chi connectivity index (χ0) is 14.7. The second-order valence-electron chi connectivity index (χ2n) is 4.91. The number of fused-ring (bicyclic) bond motifs is 1. The average Bonchev–Trinajstić information content (AvgIpc) is 2.95. The third-order valence-electron chi connectivity index (χ3n) is 3.47. The van der Waals surface area contributed by atoms with Crippen LogP contribution in [0.5, 0.6) is 17.2 Å². The van der Waals surface area contributed by atoms with E-state index >= 15 is 0 Å². The highest BCUT2D eigenvalue weighted by Gasteiger charge is 2.22. The summed E-state index contributed by atoms with van der Waals surface area (Å²) in [6.07, 6.45) is 1.06. The lowest BCUT2D eigenvalue weighted by Gasteiger charge is -2.13. The van der Waals surface area contributed by atoms with E-state index in [1.165, 1.54) is 10.5 Å². The highest BCUT2D eigenvalue weighted by molar-refractivity contribution is 8.00. The summed E-state index contributed by atoms with van der Waals surface area (Å²) in [5.41, 5.74) is 1.42. The van der Waals surface area contributed by atoms with Gasteiger partial charge in [0.05, 0.1) is 14.2 Å². The van der Waals surface area contributed by atoms with Crippen molar-refractivity contribution in [3.63, 3.8) is 0 Å². The van der Waals surface area contributed by atoms with Crippen LogP contribution < -0.4 is 14.2 Å². The van der Waals surface area contributed by atoms with Crippen molar-refractivity contribution in [3.8, 4) is 17.2 Å². The van der Waals surface area contributed by atoms with Gasteiger partial charge in [-0.1, -0.05) is 18.2 Å². The van der Waals surface area contributed by atoms with E-state index in [2.05, 4.69) is 24.3 Å². The summed E-state index contributed by atoms with van der Waals surface area (Å²) < 4.78 is 16.4. The number of hydrogen-bond donors (Lipinski definition) is 0. The van der Waals surface area contributed by atoms with Crippen LogP contribution in [0.15, 0.2) is 47.4 Å². The van der Waals surface area contributed by atoms with Crippen LogP contribution in [-0.4, -0.2) is 26.1 Å². The lowest BCUT2D eigenvalue weighted by molar-refractivity contribution is 0.311. The maximum absolute atomic E-state index is 5.93. The zero-order valence-electron chi connectivity index (χ0n) is 12.2. The van der Waals surface area contributed by atoms with Crippen molar-refractivity contribution in [1.82, 2.24) is 0 Å². The molecule has 0 aliphatic carbocycles. The average molecular weight is 302 g/mol. The molecule has 1 aliphatic heterocycles. The summed E-state index contributed by atoms with van der Waals surface area (Å²) in [4.78, 5) is 1.37. The molecule has 4 heteroatoms. The summed E-state index contributed by atoms with van der Waals surface area (Å²) in [7, 11) is 3.28. The molecule has 3 rings (SSSR count). The summed E-state index contributed by atoms with van der Waals surface area (Å²) in [6, 6.07) is 14.2. The van der Waals surface area contributed by atoms with Gasteiger partial charge in [0.25, 0.3) is 0 Å². The molecule has 0 N–H and O–H groups in total. The van der Waals surface area contributed by atoms with Crippen molar-refractivity contribution in [2.24, 2.45) is 0 Å². The van der Waals surface area contributed by atoms with Gasteiger partial charge in [-0.05, 0) is 18.1 Å². The van der Waals surface area contributed by atoms with Crippen LogP contribution in [0.25, 0.3) is 0 Å². The van der Waals surface area contributed by atoms with Crippen molar-refractivity contribution >= 4 is 11.8 Å². The number of benzene rings is 2. The van der Waals surface area contributed by atoms with E-state index in [-0.39, 0.29) is 0 Å². The molecule has 0 fully saturated rings. The SMILES string of the molecule is COc1cc(OC)cc(OCC2Cc3ccccc3S2)c1. The highest BCUT2D eigenvalue weighted by atomic mass is 32.2. The van der Waals surface area contributed by atoms with Gasteiger partial charge in [-0.3, -0.25) is 0 Å². The summed E-state index contributed by atoms with van der Waals surface area (Å²) >= 11 is 1.89. The molecule has 1 atom stereocenters. The number of rotatable bonds is 5. The van der Waals surface area contributed by atoms with Crippen LogP contribution in [0.2, 0.25) is 0 Å². The smallest absolute Gasteiger partial charge is 0.126 e. The lowest BCUT2D eigenvalue weighted by Crippen LogP contribution is -2.13. The van der Waals surface area contributed by atoms with Crippen LogP contribution in [0.1, 0.15) is 5.56 Å². The van der Waals surface area contributed by atoms with Gasteiger partial charge >= 0.3 is 0 Å². The third-order valence-corrected chi connectivity index (χ3v) is 4.76. The Balaban J connectivity index is 1.64. The van der Waals surface area contributed by atoms with E-state index in [1.54, 1.807) is 14.2 Å². The first kappa shape index (κ1) is 14.1. The van der Waals surface area contributed by atoms with Gasteiger partial charge in [-0.2, -0.15) is 0 Å². The molecule has 1 aliphatic rings. The zero-order valence-corrected chi connectivity index (χ0v) is 13.0. The second kappa shape index (κ2) is 6.31. The maximum Gasteiger partial charge on any atom is 0.126 e. The number of ether oxygens (including phenoxy) is 3. The molecule has 0 saturated heterocycles. The topological polar surface area (TPSA) is 27.7 Å². The lowest BCUT2D eigenvalue weighted by atomic mass is 10.1. The monoisotopic (exact) mass is 302 g/mol. The molecule has 0 radical (unpaired) electrons. The molecule has 0 amide bonds. The fourth-order valence-electron chi connectivity index (χ4n) is 2.40. The van der Waals surface area contributed by atoms with Crippen molar-refractivity contribution in [1.29, 1.82) is 0 Å². The minimum atomic E-state index is 0.458. The largest absolute Gasteiger partial charge is 0.496 e. The number of thioether (sulfide) groups is 1. The van der Waals surface area contributed by atoms with E-state index in [4.69, 9.17) is 14.2 Å². The molecular weight excluding hydrogens is 284 g/mol. The van der Waals surface area contributed by atoms with Gasteiger partial charge in [0.1, 0.15) is 23.9 Å². The Morgan fingerprint density at radius 3 is 2.33 bits per heavy atom. The Hall–Kier alpha value is -1.81. The molecule has 0 spiro atoms. The molecule has 2 aromatic rings. The third kappa shape index (κ3) is 3.27. The summed E-state index contributed by atoms with van der Waals surface area (Å²) in [5.74, 6) is 2.26. The second-order valence-corrected chi connectivity index (χ2v) is 6.25. The normalized spacial score (nSPS) is 16.4. The van der Waals surface area contributed by atoms with E-state index in [0.717, 1.165) is 23.7 Å². The molecule has 3 nitrogen and oxygen atoms in total. The fourth-order valence-corrected chi connectivity index (χ4v) is 3.62. The predicted octanol–water partition coefficient (Wildman–Crippen LogP) is 3.80. The summed E-state index contributed by atoms with van der Waals surface area (Å²) in [6.45, 7) is 0.676. The van der Waals surface area contributed by atoms with Crippen LogP contribution in [0.3, 0.4) is 0 Å². The summed E-state index contributed by atoms with van der Waals surface area (Å²) in [5, 5.41) is 0.458. The Morgan fingerprint density at radius 1 is 1.00 bits per heavy atom. The molecule has 1 heterocycles. The van der Waals surface area contributed by atoms with Gasteiger partial charge in [0.15, 0.2) is 0 Å². The van der Waals surface area contributed by atoms with E-state index < -0.39 is 0 Å². The first-order valence-electron chi connectivity index (χ1n) is 6.89. The Bertz CT molecular complexity index is 580. The number of hydrogen-bond acceptors (Lipinski definition) is 4. The van der Waals surface area contributed by atoms with Crippen molar-refractivity contribution in [2.45, 2.75) is 16.6 Å². The molecule has 0 aromatic heterocycles. The maximum atomic E-state index is 5.93. The van der Waals surface area contributed by atoms with Crippen LogP contribution >= 0.6 is 11.8 Å². The first-order chi connectivity index (χ1) is 10.3. The highest BCUT2D eigenvalue weighted by Crippen LogP contribution is 2.37. The Labute approximate surface area is 129 Å². The first-order valence-corrected chi connectivity index (χ1v) is 7.77. The minimum absolute atomic E-state index is 0.458.